The molecule has 4 nitrogen and oxygen atoms in total. The first kappa shape index (κ1) is 11.6. The van der Waals surface area contributed by atoms with Gasteiger partial charge >= 0.3 is 0 Å². The predicted molar refractivity (Wildman–Crippen MR) is 78.0 cm³/mol. The number of aromatic nitrogens is 2. The van der Waals surface area contributed by atoms with E-state index in [2.05, 4.69) is 16.6 Å². The number of anilines is 1. The van der Waals surface area contributed by atoms with Crippen LogP contribution in [0.3, 0.4) is 0 Å². The lowest BCUT2D eigenvalue weighted by atomic mass is 9.53. The number of nitrogens with two attached hydrogens (primary N) is 1. The Morgan fingerprint density at radius 3 is 2.20 bits per heavy atom. The van der Waals surface area contributed by atoms with Gasteiger partial charge in [-0.1, -0.05) is 0 Å². The first-order chi connectivity index (χ1) is 9.63. The molecule has 4 bridgehead atoms. The fourth-order valence-corrected chi connectivity index (χ4v) is 6.08. The van der Waals surface area contributed by atoms with Crippen LogP contribution in [0, 0.1) is 17.8 Å². The summed E-state index contributed by atoms with van der Waals surface area (Å²) in [4.78, 5) is 2.30. The second-order valence-corrected chi connectivity index (χ2v) is 8.04. The van der Waals surface area contributed by atoms with Gasteiger partial charge in [0.2, 0.25) is 0 Å². The fraction of sp³-hybridized carbons (Fsp3) is 0.812. The molecule has 20 heavy (non-hydrogen) atoms. The minimum Gasteiger partial charge on any atom is -0.384 e. The molecule has 4 saturated carbocycles. The van der Waals surface area contributed by atoms with Crippen LogP contribution in [0.5, 0.6) is 0 Å². The molecular formula is C16H24N4. The number of fused-ring (bicyclic) bond motifs is 1. The Morgan fingerprint density at radius 1 is 1.05 bits per heavy atom. The monoisotopic (exact) mass is 272 g/mol. The van der Waals surface area contributed by atoms with Gasteiger partial charge in [-0.25, -0.2) is 4.68 Å². The maximum atomic E-state index is 6.51. The van der Waals surface area contributed by atoms with Gasteiger partial charge in [-0.05, 0) is 63.3 Å². The molecule has 0 amide bonds. The topological polar surface area (TPSA) is 47.1 Å². The molecule has 4 fully saturated rings. The molecule has 6 rings (SSSR count). The van der Waals surface area contributed by atoms with Gasteiger partial charge in [0.05, 0.1) is 11.2 Å². The van der Waals surface area contributed by atoms with Crippen LogP contribution in [-0.2, 0) is 18.6 Å². The van der Waals surface area contributed by atoms with E-state index in [0.29, 0.717) is 0 Å². The van der Waals surface area contributed by atoms with Gasteiger partial charge in [0.25, 0.3) is 0 Å². The highest BCUT2D eigenvalue weighted by molar-refractivity contribution is 5.46. The number of hydrogen-bond acceptors (Lipinski definition) is 3. The molecule has 2 heterocycles. The van der Waals surface area contributed by atoms with Crippen molar-refractivity contribution in [2.24, 2.45) is 17.8 Å². The maximum absolute atomic E-state index is 6.51. The van der Waals surface area contributed by atoms with Crippen LogP contribution >= 0.6 is 0 Å². The van der Waals surface area contributed by atoms with Crippen LogP contribution in [0.15, 0.2) is 0 Å². The zero-order chi connectivity index (χ0) is 13.5. The highest BCUT2D eigenvalue weighted by Crippen LogP contribution is 2.59. The van der Waals surface area contributed by atoms with Crippen LogP contribution in [0.25, 0.3) is 0 Å². The third kappa shape index (κ3) is 1.38. The molecule has 0 radical (unpaired) electrons. The zero-order valence-corrected chi connectivity index (χ0v) is 12.3. The standard InChI is InChI=1S/C16H24N4/c1-19-8-13-14(9-19)18-20(15(13)17)16-5-10-2-11(6-16)4-12(3-10)7-16/h10-12H,2-9,17H2,1H3. The minimum absolute atomic E-state index is 0.280. The molecule has 108 valence electrons. The van der Waals surface area contributed by atoms with E-state index in [9.17, 15) is 0 Å². The Labute approximate surface area is 120 Å². The molecule has 5 aliphatic rings. The van der Waals surface area contributed by atoms with Crippen LogP contribution < -0.4 is 5.73 Å². The Kier molecular flexibility index (Phi) is 2.08. The molecule has 0 unspecified atom stereocenters. The van der Waals surface area contributed by atoms with Crippen LogP contribution in [0.2, 0.25) is 0 Å². The predicted octanol–water partition coefficient (Wildman–Crippen LogP) is 2.34. The summed E-state index contributed by atoms with van der Waals surface area (Å²) >= 11 is 0. The summed E-state index contributed by atoms with van der Waals surface area (Å²) in [6.07, 6.45) is 8.42. The Hall–Kier alpha value is -1.03. The van der Waals surface area contributed by atoms with Crippen molar-refractivity contribution < 1.29 is 0 Å². The molecule has 0 spiro atoms. The minimum atomic E-state index is 0.280. The zero-order valence-electron chi connectivity index (χ0n) is 12.3. The van der Waals surface area contributed by atoms with Gasteiger partial charge in [0, 0.05) is 18.7 Å². The molecule has 4 aliphatic carbocycles. The van der Waals surface area contributed by atoms with Crippen LogP contribution in [-0.4, -0.2) is 21.7 Å². The van der Waals surface area contributed by atoms with Gasteiger partial charge in [-0.3, -0.25) is 4.90 Å². The van der Waals surface area contributed by atoms with E-state index in [-0.39, 0.29) is 5.54 Å². The summed E-state index contributed by atoms with van der Waals surface area (Å²) < 4.78 is 2.29. The van der Waals surface area contributed by atoms with E-state index < -0.39 is 0 Å². The van der Waals surface area contributed by atoms with Crippen molar-refractivity contribution in [3.63, 3.8) is 0 Å². The average molecular weight is 272 g/mol. The molecule has 1 aromatic rings. The van der Waals surface area contributed by atoms with Gasteiger partial charge in [0.1, 0.15) is 5.82 Å². The van der Waals surface area contributed by atoms with Crippen LogP contribution in [0.1, 0.15) is 49.8 Å². The number of rotatable bonds is 1. The van der Waals surface area contributed by atoms with Gasteiger partial charge in [-0.15, -0.1) is 0 Å². The van der Waals surface area contributed by atoms with Crippen molar-refractivity contribution >= 4 is 5.82 Å². The van der Waals surface area contributed by atoms with Crippen molar-refractivity contribution in [3.05, 3.63) is 11.3 Å². The maximum Gasteiger partial charge on any atom is 0.127 e. The number of hydrogen-bond donors (Lipinski definition) is 1. The van der Waals surface area contributed by atoms with Crippen molar-refractivity contribution in [1.82, 2.24) is 14.7 Å². The summed E-state index contributed by atoms with van der Waals surface area (Å²) in [6, 6.07) is 0. The third-order valence-corrected chi connectivity index (χ3v) is 6.41. The molecule has 0 aromatic carbocycles. The highest BCUT2D eigenvalue weighted by atomic mass is 15.4. The smallest absolute Gasteiger partial charge is 0.127 e. The molecule has 0 atom stereocenters. The lowest BCUT2D eigenvalue weighted by molar-refractivity contribution is -0.0485. The Morgan fingerprint density at radius 2 is 1.65 bits per heavy atom. The lowest BCUT2D eigenvalue weighted by Gasteiger charge is -2.56. The molecule has 0 saturated heterocycles. The van der Waals surface area contributed by atoms with E-state index >= 15 is 0 Å². The molecular weight excluding hydrogens is 248 g/mol. The van der Waals surface area contributed by atoms with E-state index in [1.165, 1.54) is 49.8 Å². The van der Waals surface area contributed by atoms with Crippen molar-refractivity contribution in [1.29, 1.82) is 0 Å². The number of nitrogens with zero attached hydrogens (tertiary/aromatic N) is 3. The average Bonchev–Trinajstić information content (AvgIpc) is 2.87. The van der Waals surface area contributed by atoms with Crippen LogP contribution in [0.4, 0.5) is 5.82 Å². The molecule has 4 heteroatoms. The lowest BCUT2D eigenvalue weighted by Crippen LogP contribution is -2.52. The van der Waals surface area contributed by atoms with E-state index in [1.807, 2.05) is 0 Å². The summed E-state index contributed by atoms with van der Waals surface area (Å²) in [5.74, 6) is 3.82. The van der Waals surface area contributed by atoms with Crippen molar-refractivity contribution in [2.75, 3.05) is 12.8 Å². The normalized spacial score (nSPS) is 42.4. The number of nitrogen functional groups attached to an aromatic ring is 1. The Balaban J connectivity index is 1.59. The van der Waals surface area contributed by atoms with E-state index in [4.69, 9.17) is 10.8 Å². The van der Waals surface area contributed by atoms with Gasteiger partial charge in [-0.2, -0.15) is 5.10 Å². The summed E-state index contributed by atoms with van der Waals surface area (Å²) in [5, 5.41) is 4.98. The quantitative estimate of drug-likeness (QED) is 0.853. The van der Waals surface area contributed by atoms with E-state index in [1.54, 1.807) is 0 Å². The Bertz CT molecular complexity index is 538. The van der Waals surface area contributed by atoms with Crippen molar-refractivity contribution in [2.45, 2.75) is 57.2 Å². The molecule has 1 aromatic heterocycles. The first-order valence-corrected chi connectivity index (χ1v) is 8.18. The fourth-order valence-electron chi connectivity index (χ4n) is 6.08. The molecule has 2 N–H and O–H groups in total. The highest BCUT2D eigenvalue weighted by Gasteiger charge is 2.53. The second-order valence-electron chi connectivity index (χ2n) is 8.04. The van der Waals surface area contributed by atoms with E-state index in [0.717, 1.165) is 36.7 Å². The largest absolute Gasteiger partial charge is 0.384 e. The SMILES string of the molecule is CN1Cc2nn(C34CC5CC(CC(C5)C3)C4)c(N)c2C1. The van der Waals surface area contributed by atoms with Gasteiger partial charge in [0.15, 0.2) is 0 Å². The van der Waals surface area contributed by atoms with Crippen molar-refractivity contribution in [3.8, 4) is 0 Å². The second kappa shape index (κ2) is 3.59. The summed E-state index contributed by atoms with van der Waals surface area (Å²) in [7, 11) is 2.15. The first-order valence-electron chi connectivity index (χ1n) is 8.18. The van der Waals surface area contributed by atoms with Gasteiger partial charge < -0.3 is 5.73 Å². The third-order valence-electron chi connectivity index (χ3n) is 6.41. The summed E-state index contributed by atoms with van der Waals surface area (Å²) in [6.45, 7) is 1.95. The summed E-state index contributed by atoms with van der Waals surface area (Å²) in [5.41, 5.74) is 9.34. The molecule has 1 aliphatic heterocycles.